The fourth-order valence-electron chi connectivity index (χ4n) is 1.73. The van der Waals surface area contributed by atoms with E-state index in [1.807, 2.05) is 18.2 Å². The predicted molar refractivity (Wildman–Crippen MR) is 75.9 cm³/mol. The van der Waals surface area contributed by atoms with Crippen molar-refractivity contribution in [1.82, 2.24) is 0 Å². The lowest BCUT2D eigenvalue weighted by atomic mass is 9.91. The zero-order valence-electron chi connectivity index (χ0n) is 9.00. The van der Waals surface area contributed by atoms with E-state index in [2.05, 4.69) is 52.4 Å². The minimum Gasteiger partial charge on any atom is -0.388 e. The number of aliphatic hydroxyl groups is 1. The molecule has 0 saturated heterocycles. The Morgan fingerprint density at radius 2 is 1.93 bits per heavy atom. The standard InChI is InChI=1S/C12H16BrIO/c1-3-8(4-2)12(15)10-7-9(14)5-6-11(10)13/h5-8,12,15H,3-4H2,1-2H3. The van der Waals surface area contributed by atoms with Gasteiger partial charge in [-0.15, -0.1) is 0 Å². The predicted octanol–water partition coefficient (Wildman–Crippen LogP) is 4.52. The molecule has 0 aliphatic heterocycles. The maximum absolute atomic E-state index is 10.3. The summed E-state index contributed by atoms with van der Waals surface area (Å²) < 4.78 is 2.16. The molecule has 1 rings (SSSR count). The summed E-state index contributed by atoms with van der Waals surface area (Å²) in [4.78, 5) is 0. The van der Waals surface area contributed by atoms with Gasteiger partial charge in [-0.3, -0.25) is 0 Å². The van der Waals surface area contributed by atoms with E-state index < -0.39 is 0 Å². The van der Waals surface area contributed by atoms with Gasteiger partial charge in [0.05, 0.1) is 6.10 Å². The van der Waals surface area contributed by atoms with Crippen LogP contribution in [0.2, 0.25) is 0 Å². The van der Waals surface area contributed by atoms with Crippen molar-refractivity contribution in [3.63, 3.8) is 0 Å². The summed E-state index contributed by atoms with van der Waals surface area (Å²) in [6.45, 7) is 4.25. The van der Waals surface area contributed by atoms with Crippen LogP contribution in [0.3, 0.4) is 0 Å². The van der Waals surface area contributed by atoms with Crippen LogP contribution in [0.25, 0.3) is 0 Å². The highest BCUT2D eigenvalue weighted by Crippen LogP contribution is 2.32. The molecular formula is C12H16BrIO. The van der Waals surface area contributed by atoms with E-state index in [-0.39, 0.29) is 6.10 Å². The second kappa shape index (κ2) is 6.21. The first-order valence-electron chi connectivity index (χ1n) is 5.23. The van der Waals surface area contributed by atoms with Crippen LogP contribution in [-0.2, 0) is 0 Å². The Balaban J connectivity index is 2.98. The van der Waals surface area contributed by atoms with Crippen LogP contribution < -0.4 is 0 Å². The third kappa shape index (κ3) is 3.43. The van der Waals surface area contributed by atoms with Crippen LogP contribution in [0.4, 0.5) is 0 Å². The molecule has 84 valence electrons. The normalized spacial score (nSPS) is 13.2. The van der Waals surface area contributed by atoms with Gasteiger partial charge in [0.1, 0.15) is 0 Å². The van der Waals surface area contributed by atoms with Gasteiger partial charge in [-0.25, -0.2) is 0 Å². The highest BCUT2D eigenvalue weighted by Gasteiger charge is 2.19. The molecule has 1 N–H and O–H groups in total. The first kappa shape index (κ1) is 13.5. The molecule has 1 atom stereocenters. The smallest absolute Gasteiger partial charge is 0.0829 e. The summed E-state index contributed by atoms with van der Waals surface area (Å²) in [6.07, 6.45) is 1.66. The largest absolute Gasteiger partial charge is 0.388 e. The molecule has 0 radical (unpaired) electrons. The topological polar surface area (TPSA) is 20.2 Å². The van der Waals surface area contributed by atoms with Crippen molar-refractivity contribution in [2.45, 2.75) is 32.8 Å². The molecule has 1 unspecified atom stereocenters. The molecule has 0 spiro atoms. The number of aliphatic hydroxyl groups excluding tert-OH is 1. The van der Waals surface area contributed by atoms with E-state index in [1.165, 1.54) is 0 Å². The average Bonchev–Trinajstić information content (AvgIpc) is 2.23. The minimum absolute atomic E-state index is 0.347. The molecule has 0 aromatic heterocycles. The van der Waals surface area contributed by atoms with E-state index in [1.54, 1.807) is 0 Å². The molecule has 1 aromatic carbocycles. The van der Waals surface area contributed by atoms with Gasteiger partial charge in [0.2, 0.25) is 0 Å². The highest BCUT2D eigenvalue weighted by molar-refractivity contribution is 14.1. The van der Waals surface area contributed by atoms with Gasteiger partial charge in [-0.05, 0) is 52.3 Å². The minimum atomic E-state index is -0.357. The number of benzene rings is 1. The molecule has 0 aliphatic rings. The molecule has 1 nitrogen and oxygen atoms in total. The van der Waals surface area contributed by atoms with E-state index in [4.69, 9.17) is 0 Å². The fourth-order valence-corrected chi connectivity index (χ4v) is 2.73. The van der Waals surface area contributed by atoms with Crippen molar-refractivity contribution >= 4 is 38.5 Å². The van der Waals surface area contributed by atoms with Crippen LogP contribution in [0, 0.1) is 9.49 Å². The Bertz CT molecular complexity index is 323. The van der Waals surface area contributed by atoms with Crippen molar-refractivity contribution in [3.8, 4) is 0 Å². The zero-order valence-corrected chi connectivity index (χ0v) is 12.7. The summed E-state index contributed by atoms with van der Waals surface area (Å²) in [6, 6.07) is 6.09. The first-order chi connectivity index (χ1) is 7.10. The Labute approximate surface area is 114 Å². The van der Waals surface area contributed by atoms with Gasteiger partial charge in [-0.1, -0.05) is 42.6 Å². The Hall–Kier alpha value is 0.390. The number of hydrogen-bond acceptors (Lipinski definition) is 1. The number of halogens is 2. The van der Waals surface area contributed by atoms with Crippen molar-refractivity contribution in [3.05, 3.63) is 31.8 Å². The lowest BCUT2D eigenvalue weighted by Gasteiger charge is -2.21. The van der Waals surface area contributed by atoms with Crippen molar-refractivity contribution in [2.24, 2.45) is 5.92 Å². The third-order valence-corrected chi connectivity index (χ3v) is 4.17. The Morgan fingerprint density at radius 3 is 2.47 bits per heavy atom. The Kier molecular flexibility index (Phi) is 5.57. The van der Waals surface area contributed by atoms with Crippen molar-refractivity contribution in [1.29, 1.82) is 0 Å². The van der Waals surface area contributed by atoms with Crippen molar-refractivity contribution in [2.75, 3.05) is 0 Å². The van der Waals surface area contributed by atoms with Crippen LogP contribution in [0.5, 0.6) is 0 Å². The third-order valence-electron chi connectivity index (χ3n) is 2.77. The molecule has 0 heterocycles. The maximum Gasteiger partial charge on any atom is 0.0829 e. The lowest BCUT2D eigenvalue weighted by molar-refractivity contribution is 0.102. The maximum atomic E-state index is 10.3. The van der Waals surface area contributed by atoms with Gasteiger partial charge in [0, 0.05) is 8.04 Å². The molecule has 0 aliphatic carbocycles. The second-order valence-corrected chi connectivity index (χ2v) is 5.79. The van der Waals surface area contributed by atoms with Crippen LogP contribution in [0.1, 0.15) is 38.4 Å². The van der Waals surface area contributed by atoms with Gasteiger partial charge < -0.3 is 5.11 Å². The van der Waals surface area contributed by atoms with Crippen LogP contribution in [0.15, 0.2) is 22.7 Å². The second-order valence-electron chi connectivity index (χ2n) is 3.69. The number of rotatable bonds is 4. The summed E-state index contributed by atoms with van der Waals surface area (Å²) in [5.74, 6) is 0.347. The van der Waals surface area contributed by atoms with Crippen LogP contribution in [-0.4, -0.2) is 5.11 Å². The van der Waals surface area contributed by atoms with Gasteiger partial charge >= 0.3 is 0 Å². The lowest BCUT2D eigenvalue weighted by Crippen LogP contribution is -2.11. The quantitative estimate of drug-likeness (QED) is 0.759. The summed E-state index contributed by atoms with van der Waals surface area (Å²) in [5, 5.41) is 10.3. The van der Waals surface area contributed by atoms with Gasteiger partial charge in [0.25, 0.3) is 0 Å². The fraction of sp³-hybridized carbons (Fsp3) is 0.500. The monoisotopic (exact) mass is 382 g/mol. The molecule has 0 amide bonds. The summed E-state index contributed by atoms with van der Waals surface area (Å²) in [7, 11) is 0. The van der Waals surface area contributed by atoms with E-state index in [0.29, 0.717) is 5.92 Å². The molecule has 0 fully saturated rings. The molecule has 3 heteroatoms. The first-order valence-corrected chi connectivity index (χ1v) is 7.10. The van der Waals surface area contributed by atoms with Gasteiger partial charge in [-0.2, -0.15) is 0 Å². The van der Waals surface area contributed by atoms with E-state index >= 15 is 0 Å². The van der Waals surface area contributed by atoms with Crippen molar-refractivity contribution < 1.29 is 5.11 Å². The molecule has 15 heavy (non-hydrogen) atoms. The van der Waals surface area contributed by atoms with Crippen LogP contribution >= 0.6 is 38.5 Å². The molecular weight excluding hydrogens is 367 g/mol. The zero-order chi connectivity index (χ0) is 11.4. The SMILES string of the molecule is CCC(CC)C(O)c1cc(I)ccc1Br. The Morgan fingerprint density at radius 1 is 1.33 bits per heavy atom. The number of hydrogen-bond donors (Lipinski definition) is 1. The summed E-state index contributed by atoms with van der Waals surface area (Å²) in [5.41, 5.74) is 1.01. The van der Waals surface area contributed by atoms with E-state index in [9.17, 15) is 5.11 Å². The molecule has 0 saturated carbocycles. The molecule has 0 bridgehead atoms. The van der Waals surface area contributed by atoms with E-state index in [0.717, 1.165) is 26.4 Å². The van der Waals surface area contributed by atoms with Gasteiger partial charge in [0.15, 0.2) is 0 Å². The average molecular weight is 383 g/mol. The highest BCUT2D eigenvalue weighted by atomic mass is 127. The summed E-state index contributed by atoms with van der Waals surface area (Å²) >= 11 is 5.77. The molecule has 1 aromatic rings.